The summed E-state index contributed by atoms with van der Waals surface area (Å²) in [6.07, 6.45) is 5.96. The first-order valence-electron chi connectivity index (χ1n) is 3.98. The molecule has 0 aromatic carbocycles. The quantitative estimate of drug-likeness (QED) is 0.736. The summed E-state index contributed by atoms with van der Waals surface area (Å²) in [4.78, 5) is 7.88. The van der Waals surface area contributed by atoms with Crippen LogP contribution in [0.15, 0.2) is 12.4 Å². The molecule has 2 nitrogen and oxygen atoms in total. The Morgan fingerprint density at radius 3 is 2.17 bits per heavy atom. The molecule has 0 N–H and O–H groups in total. The Morgan fingerprint density at radius 2 is 1.92 bits per heavy atom. The molecule has 0 unspecified atom stereocenters. The zero-order valence-electron chi connectivity index (χ0n) is 8.00. The van der Waals surface area contributed by atoms with E-state index in [2.05, 4.69) is 30.0 Å². The summed E-state index contributed by atoms with van der Waals surface area (Å²) in [6, 6.07) is 0. The molecule has 0 saturated carbocycles. The SMILES string of the molecule is CC.CC(C)c1cn[c-]cn1.[Re]. The maximum Gasteiger partial charge on any atom is 0 e. The van der Waals surface area contributed by atoms with Crippen LogP contribution in [0.5, 0.6) is 0 Å². The van der Waals surface area contributed by atoms with Gasteiger partial charge in [0.1, 0.15) is 0 Å². The summed E-state index contributed by atoms with van der Waals surface area (Å²) in [7, 11) is 0. The normalized spacial score (nSPS) is 8.08. The Balaban J connectivity index is 0. The van der Waals surface area contributed by atoms with Crippen molar-refractivity contribution in [2.75, 3.05) is 0 Å². The second kappa shape index (κ2) is 8.84. The van der Waals surface area contributed by atoms with Gasteiger partial charge in [-0.15, -0.1) is 12.4 Å². The predicted octanol–water partition coefficient (Wildman–Crippen LogP) is 2.42. The van der Waals surface area contributed by atoms with Gasteiger partial charge >= 0.3 is 0 Å². The van der Waals surface area contributed by atoms with Crippen LogP contribution in [0.3, 0.4) is 0 Å². The van der Waals surface area contributed by atoms with Crippen molar-refractivity contribution in [1.29, 1.82) is 0 Å². The van der Waals surface area contributed by atoms with Crippen molar-refractivity contribution in [2.24, 2.45) is 0 Å². The molecular weight excluding hydrogens is 322 g/mol. The van der Waals surface area contributed by atoms with Crippen LogP contribution in [0.2, 0.25) is 0 Å². The van der Waals surface area contributed by atoms with E-state index in [1.165, 1.54) is 0 Å². The number of hydrogen-bond acceptors (Lipinski definition) is 2. The van der Waals surface area contributed by atoms with Crippen LogP contribution in [-0.4, -0.2) is 9.97 Å². The first kappa shape index (κ1) is 14.3. The molecule has 0 aliphatic heterocycles. The van der Waals surface area contributed by atoms with Crippen molar-refractivity contribution in [3.63, 3.8) is 0 Å². The van der Waals surface area contributed by atoms with E-state index < -0.39 is 0 Å². The van der Waals surface area contributed by atoms with Gasteiger partial charge in [0.15, 0.2) is 0 Å². The van der Waals surface area contributed by atoms with E-state index in [9.17, 15) is 0 Å². The molecule has 0 amide bonds. The molecule has 0 spiro atoms. The van der Waals surface area contributed by atoms with Crippen LogP contribution in [0.1, 0.15) is 39.3 Å². The van der Waals surface area contributed by atoms with Crippen molar-refractivity contribution in [3.05, 3.63) is 24.3 Å². The van der Waals surface area contributed by atoms with E-state index in [0.29, 0.717) is 5.92 Å². The zero-order chi connectivity index (χ0) is 8.69. The van der Waals surface area contributed by atoms with Crippen LogP contribution in [0.25, 0.3) is 0 Å². The maximum absolute atomic E-state index is 4.06. The van der Waals surface area contributed by atoms with Gasteiger partial charge in [-0.05, 0) is 17.8 Å². The topological polar surface area (TPSA) is 25.8 Å². The first-order valence-corrected chi connectivity index (χ1v) is 3.98. The Kier molecular flexibility index (Phi) is 10.5. The van der Waals surface area contributed by atoms with Crippen molar-refractivity contribution >= 4 is 0 Å². The molecule has 1 aromatic heterocycles. The van der Waals surface area contributed by atoms with Crippen LogP contribution >= 0.6 is 0 Å². The van der Waals surface area contributed by atoms with Gasteiger partial charge in [0, 0.05) is 20.4 Å². The number of aromatic nitrogens is 2. The third kappa shape index (κ3) is 5.40. The van der Waals surface area contributed by atoms with Gasteiger partial charge in [-0.25, -0.2) is 0 Å². The molecule has 0 aliphatic carbocycles. The largest absolute Gasteiger partial charge is 0.456 e. The summed E-state index contributed by atoms with van der Waals surface area (Å²) in [5.74, 6) is 0.465. The van der Waals surface area contributed by atoms with Crippen LogP contribution in [0, 0.1) is 6.20 Å². The minimum atomic E-state index is 0. The number of nitrogens with zero attached hydrogens (tertiary/aromatic N) is 2. The molecule has 0 saturated heterocycles. The number of hydrogen-bond donors (Lipinski definition) is 0. The molecule has 1 radical (unpaired) electrons. The van der Waals surface area contributed by atoms with Gasteiger partial charge in [0.2, 0.25) is 0 Å². The monoisotopic (exact) mass is 338 g/mol. The van der Waals surface area contributed by atoms with E-state index in [1.54, 1.807) is 12.4 Å². The van der Waals surface area contributed by atoms with E-state index >= 15 is 0 Å². The zero-order valence-corrected chi connectivity index (χ0v) is 10.7. The summed E-state index contributed by atoms with van der Waals surface area (Å²) in [5.41, 5.74) is 1.02. The third-order valence-corrected chi connectivity index (χ3v) is 1.13. The molecule has 0 fully saturated rings. The average Bonchev–Trinajstić information content (AvgIpc) is 2.10. The van der Waals surface area contributed by atoms with Crippen molar-refractivity contribution < 1.29 is 20.4 Å². The fourth-order valence-electron chi connectivity index (χ4n) is 0.572. The van der Waals surface area contributed by atoms with Gasteiger partial charge in [0.25, 0.3) is 0 Å². The predicted molar refractivity (Wildman–Crippen MR) is 46.3 cm³/mol. The molecule has 0 aliphatic rings. The molecule has 69 valence electrons. The fraction of sp³-hybridized carbons (Fsp3) is 0.556. The maximum atomic E-state index is 4.06. The van der Waals surface area contributed by atoms with Crippen LogP contribution in [-0.2, 0) is 20.4 Å². The van der Waals surface area contributed by atoms with Crippen molar-refractivity contribution in [1.82, 2.24) is 9.97 Å². The second-order valence-corrected chi connectivity index (χ2v) is 2.23. The Bertz CT molecular complexity index is 175. The van der Waals surface area contributed by atoms with Crippen molar-refractivity contribution in [3.8, 4) is 0 Å². The minimum absolute atomic E-state index is 0. The van der Waals surface area contributed by atoms with Gasteiger partial charge in [-0.2, -0.15) is 0 Å². The fourth-order valence-corrected chi connectivity index (χ4v) is 0.572. The van der Waals surface area contributed by atoms with E-state index in [-0.39, 0.29) is 20.4 Å². The standard InChI is InChI=1S/C7H9N2.C2H6.Re/c1-6(2)7-5-8-3-4-9-7;1-2;/h4-6H,1-2H3;1-2H3;/q-1;;. The van der Waals surface area contributed by atoms with Crippen molar-refractivity contribution in [2.45, 2.75) is 33.6 Å². The van der Waals surface area contributed by atoms with Gasteiger partial charge in [-0.3, -0.25) is 4.98 Å². The molecule has 3 heteroatoms. The van der Waals surface area contributed by atoms with Crippen LogP contribution < -0.4 is 0 Å². The number of rotatable bonds is 1. The van der Waals surface area contributed by atoms with Crippen LogP contribution in [0.4, 0.5) is 0 Å². The smallest absolute Gasteiger partial charge is 0 e. The Labute approximate surface area is 88.5 Å². The van der Waals surface area contributed by atoms with Gasteiger partial charge < -0.3 is 4.98 Å². The second-order valence-electron chi connectivity index (χ2n) is 2.23. The first-order chi connectivity index (χ1) is 5.30. The third-order valence-electron chi connectivity index (χ3n) is 1.13. The Morgan fingerprint density at radius 1 is 1.33 bits per heavy atom. The summed E-state index contributed by atoms with van der Waals surface area (Å²) >= 11 is 0. The molecular formula is C9H15N2Re-. The van der Waals surface area contributed by atoms with E-state index in [0.717, 1.165) is 5.69 Å². The van der Waals surface area contributed by atoms with E-state index in [1.807, 2.05) is 13.8 Å². The average molecular weight is 337 g/mol. The Hall–Kier alpha value is -0.258. The summed E-state index contributed by atoms with van der Waals surface area (Å²) < 4.78 is 0. The van der Waals surface area contributed by atoms with E-state index in [4.69, 9.17) is 0 Å². The summed E-state index contributed by atoms with van der Waals surface area (Å²) in [5, 5.41) is 0. The molecule has 1 aromatic rings. The molecule has 0 bridgehead atoms. The van der Waals surface area contributed by atoms with Gasteiger partial charge in [-0.1, -0.05) is 27.7 Å². The summed E-state index contributed by atoms with van der Waals surface area (Å²) in [6.45, 7) is 8.17. The molecule has 1 rings (SSSR count). The van der Waals surface area contributed by atoms with Gasteiger partial charge in [0.05, 0.1) is 0 Å². The molecule has 1 heterocycles. The minimum Gasteiger partial charge on any atom is -0.456 e. The molecule has 0 atom stereocenters. The molecule has 12 heavy (non-hydrogen) atoms.